The molecule has 0 radical (unpaired) electrons. The fourth-order valence-corrected chi connectivity index (χ4v) is 1.90. The number of halogens is 2. The maximum absolute atomic E-state index is 3.49. The standard InChI is InChI=1S/C10H20Br2/c1-2-3-4-5-6-7-8-9-10(11)12/h10H,2-9H2,1H3. The van der Waals surface area contributed by atoms with Gasteiger partial charge in [-0.25, -0.2) is 0 Å². The molecule has 0 aromatic rings. The van der Waals surface area contributed by atoms with Gasteiger partial charge in [0.25, 0.3) is 0 Å². The van der Waals surface area contributed by atoms with E-state index < -0.39 is 0 Å². The third-order valence-corrected chi connectivity index (χ3v) is 2.94. The minimum absolute atomic E-state index is 0.528. The van der Waals surface area contributed by atoms with Gasteiger partial charge in [0.15, 0.2) is 0 Å². The Hall–Kier alpha value is 0.960. The van der Waals surface area contributed by atoms with E-state index in [0.717, 1.165) is 0 Å². The largest absolute Gasteiger partial charge is 0.0765 e. The molecule has 0 atom stereocenters. The van der Waals surface area contributed by atoms with Crippen molar-refractivity contribution in [1.29, 1.82) is 0 Å². The predicted octanol–water partition coefficient (Wildman–Crippen LogP) is 5.24. The van der Waals surface area contributed by atoms with Gasteiger partial charge in [-0.3, -0.25) is 0 Å². The molecule has 2 heteroatoms. The van der Waals surface area contributed by atoms with E-state index in [9.17, 15) is 0 Å². The number of rotatable bonds is 8. The number of hydrogen-bond acceptors (Lipinski definition) is 0. The van der Waals surface area contributed by atoms with Crippen molar-refractivity contribution in [1.82, 2.24) is 0 Å². The monoisotopic (exact) mass is 298 g/mol. The molecular formula is C10H20Br2. The highest BCUT2D eigenvalue weighted by molar-refractivity contribution is 9.24. The zero-order chi connectivity index (χ0) is 9.23. The number of alkyl halides is 2. The van der Waals surface area contributed by atoms with Crippen molar-refractivity contribution in [2.45, 2.75) is 62.0 Å². The lowest BCUT2D eigenvalue weighted by atomic mass is 10.1. The van der Waals surface area contributed by atoms with Gasteiger partial charge in [0, 0.05) is 0 Å². The van der Waals surface area contributed by atoms with Crippen LogP contribution in [0.15, 0.2) is 0 Å². The maximum Gasteiger partial charge on any atom is 0.0697 e. The van der Waals surface area contributed by atoms with Gasteiger partial charge in [0.05, 0.1) is 3.74 Å². The Kier molecular flexibility index (Phi) is 10.8. The fourth-order valence-electron chi connectivity index (χ4n) is 1.26. The second kappa shape index (κ2) is 10.0. The Labute approximate surface area is 93.8 Å². The molecule has 0 nitrogen and oxygen atoms in total. The zero-order valence-corrected chi connectivity index (χ0v) is 11.2. The molecule has 0 N–H and O–H groups in total. The van der Waals surface area contributed by atoms with Gasteiger partial charge < -0.3 is 0 Å². The Morgan fingerprint density at radius 3 is 1.83 bits per heavy atom. The van der Waals surface area contributed by atoms with Crippen LogP contribution < -0.4 is 0 Å². The zero-order valence-electron chi connectivity index (χ0n) is 7.99. The Bertz CT molecular complexity index is 81.9. The molecule has 0 aliphatic rings. The average Bonchev–Trinajstić information content (AvgIpc) is 2.02. The SMILES string of the molecule is CCCCCCCCCC(Br)Br. The van der Waals surface area contributed by atoms with Crippen molar-refractivity contribution in [3.63, 3.8) is 0 Å². The van der Waals surface area contributed by atoms with Crippen LogP contribution in [0, 0.1) is 0 Å². The summed E-state index contributed by atoms with van der Waals surface area (Å²) in [6, 6.07) is 0. The van der Waals surface area contributed by atoms with Crippen molar-refractivity contribution >= 4 is 31.9 Å². The minimum Gasteiger partial charge on any atom is -0.0765 e. The van der Waals surface area contributed by atoms with E-state index in [1.807, 2.05) is 0 Å². The van der Waals surface area contributed by atoms with Crippen LogP contribution in [0.25, 0.3) is 0 Å². The molecule has 12 heavy (non-hydrogen) atoms. The van der Waals surface area contributed by atoms with Crippen molar-refractivity contribution in [3.05, 3.63) is 0 Å². The Morgan fingerprint density at radius 1 is 0.833 bits per heavy atom. The highest BCUT2D eigenvalue weighted by Crippen LogP contribution is 2.17. The van der Waals surface area contributed by atoms with E-state index in [1.165, 1.54) is 51.4 Å². The number of hydrogen-bond donors (Lipinski definition) is 0. The third-order valence-electron chi connectivity index (χ3n) is 2.03. The highest BCUT2D eigenvalue weighted by atomic mass is 79.9. The van der Waals surface area contributed by atoms with E-state index >= 15 is 0 Å². The summed E-state index contributed by atoms with van der Waals surface area (Å²) in [7, 11) is 0. The van der Waals surface area contributed by atoms with Crippen molar-refractivity contribution in [3.8, 4) is 0 Å². The normalized spacial score (nSPS) is 11.0. The summed E-state index contributed by atoms with van der Waals surface area (Å²) in [6.45, 7) is 2.26. The van der Waals surface area contributed by atoms with Gasteiger partial charge in [-0.05, 0) is 6.42 Å². The van der Waals surface area contributed by atoms with Crippen LogP contribution in [0.2, 0.25) is 0 Å². The van der Waals surface area contributed by atoms with E-state index in [2.05, 4.69) is 38.8 Å². The first-order valence-corrected chi connectivity index (χ1v) is 6.88. The smallest absolute Gasteiger partial charge is 0.0697 e. The first-order valence-electron chi connectivity index (χ1n) is 5.05. The molecule has 0 saturated carbocycles. The average molecular weight is 300 g/mol. The maximum atomic E-state index is 3.49. The summed E-state index contributed by atoms with van der Waals surface area (Å²) in [6.07, 6.45) is 11.1. The molecule has 0 saturated heterocycles. The van der Waals surface area contributed by atoms with Crippen LogP contribution in [0.4, 0.5) is 0 Å². The lowest BCUT2D eigenvalue weighted by Gasteiger charge is -2.01. The summed E-state index contributed by atoms with van der Waals surface area (Å²) in [4.78, 5) is 0. The molecular weight excluding hydrogens is 280 g/mol. The van der Waals surface area contributed by atoms with Gasteiger partial charge in [-0.1, -0.05) is 83.7 Å². The van der Waals surface area contributed by atoms with Crippen LogP contribution in [0.3, 0.4) is 0 Å². The number of unbranched alkanes of at least 4 members (excludes halogenated alkanes) is 6. The van der Waals surface area contributed by atoms with Crippen LogP contribution in [0.1, 0.15) is 58.3 Å². The summed E-state index contributed by atoms with van der Waals surface area (Å²) in [5.74, 6) is 0. The van der Waals surface area contributed by atoms with Gasteiger partial charge in [0.2, 0.25) is 0 Å². The van der Waals surface area contributed by atoms with E-state index in [-0.39, 0.29) is 0 Å². The van der Waals surface area contributed by atoms with E-state index in [1.54, 1.807) is 0 Å². The molecule has 0 spiro atoms. The lowest BCUT2D eigenvalue weighted by Crippen LogP contribution is -1.85. The van der Waals surface area contributed by atoms with E-state index in [4.69, 9.17) is 0 Å². The van der Waals surface area contributed by atoms with Crippen LogP contribution in [0.5, 0.6) is 0 Å². The molecule has 0 unspecified atom stereocenters. The topological polar surface area (TPSA) is 0 Å². The molecule has 0 amide bonds. The molecule has 0 fully saturated rings. The van der Waals surface area contributed by atoms with Gasteiger partial charge >= 0.3 is 0 Å². The van der Waals surface area contributed by atoms with Crippen molar-refractivity contribution in [2.75, 3.05) is 0 Å². The molecule has 0 aromatic heterocycles. The van der Waals surface area contributed by atoms with Gasteiger partial charge in [-0.15, -0.1) is 0 Å². The first kappa shape index (κ1) is 13.0. The molecule has 0 bridgehead atoms. The van der Waals surface area contributed by atoms with Crippen molar-refractivity contribution < 1.29 is 0 Å². The lowest BCUT2D eigenvalue weighted by molar-refractivity contribution is 0.585. The summed E-state index contributed by atoms with van der Waals surface area (Å²) in [5, 5.41) is 0. The summed E-state index contributed by atoms with van der Waals surface area (Å²) in [5.41, 5.74) is 0. The van der Waals surface area contributed by atoms with Crippen LogP contribution >= 0.6 is 31.9 Å². The molecule has 74 valence electrons. The second-order valence-corrected chi connectivity index (χ2v) is 6.74. The Balaban J connectivity index is 2.82. The molecule has 0 rings (SSSR count). The van der Waals surface area contributed by atoms with E-state index in [0.29, 0.717) is 3.74 Å². The van der Waals surface area contributed by atoms with Crippen LogP contribution in [-0.2, 0) is 0 Å². The minimum atomic E-state index is 0.528. The fraction of sp³-hybridized carbons (Fsp3) is 1.00. The molecule has 0 aliphatic heterocycles. The first-order chi connectivity index (χ1) is 5.77. The molecule has 0 heterocycles. The summed E-state index contributed by atoms with van der Waals surface area (Å²) < 4.78 is 0.528. The van der Waals surface area contributed by atoms with Gasteiger partial charge in [0.1, 0.15) is 0 Å². The molecule has 0 aliphatic carbocycles. The van der Waals surface area contributed by atoms with Gasteiger partial charge in [-0.2, -0.15) is 0 Å². The van der Waals surface area contributed by atoms with Crippen LogP contribution in [-0.4, -0.2) is 3.74 Å². The summed E-state index contributed by atoms with van der Waals surface area (Å²) >= 11 is 6.97. The third kappa shape index (κ3) is 11.0. The molecule has 0 aromatic carbocycles. The second-order valence-electron chi connectivity index (χ2n) is 3.30. The quantitative estimate of drug-likeness (QED) is 0.424. The highest BCUT2D eigenvalue weighted by Gasteiger charge is 1.96. The Morgan fingerprint density at radius 2 is 1.33 bits per heavy atom. The predicted molar refractivity (Wildman–Crippen MR) is 64.3 cm³/mol. The van der Waals surface area contributed by atoms with Crippen molar-refractivity contribution in [2.24, 2.45) is 0 Å².